The summed E-state index contributed by atoms with van der Waals surface area (Å²) in [6.45, 7) is 1.95. The second-order valence-electron chi connectivity index (χ2n) is 6.57. The van der Waals surface area contributed by atoms with Crippen LogP contribution in [0.5, 0.6) is 5.75 Å². The van der Waals surface area contributed by atoms with Crippen LogP contribution in [0.25, 0.3) is 0 Å². The van der Waals surface area contributed by atoms with Gasteiger partial charge in [-0.1, -0.05) is 48.0 Å². The Labute approximate surface area is 169 Å². The van der Waals surface area contributed by atoms with Crippen molar-refractivity contribution in [3.05, 3.63) is 100 Å². The zero-order valence-corrected chi connectivity index (χ0v) is 16.4. The van der Waals surface area contributed by atoms with Gasteiger partial charge in [-0.05, 0) is 67.3 Å². The van der Waals surface area contributed by atoms with Crippen LogP contribution in [0, 0.1) is 6.92 Å². The molecule has 0 unspecified atom stereocenters. The third kappa shape index (κ3) is 5.08. The van der Waals surface area contributed by atoms with E-state index in [2.05, 4.69) is 0 Å². The highest BCUT2D eigenvalue weighted by Crippen LogP contribution is 2.21. The van der Waals surface area contributed by atoms with E-state index in [0.717, 1.165) is 11.1 Å². The molecule has 0 heterocycles. The maximum Gasteiger partial charge on any atom is 0.311 e. The van der Waals surface area contributed by atoms with Crippen molar-refractivity contribution in [2.45, 2.75) is 26.2 Å². The first-order valence-electron chi connectivity index (χ1n) is 9.19. The Hall–Kier alpha value is -2.91. The minimum atomic E-state index is -0.253. The van der Waals surface area contributed by atoms with Gasteiger partial charge < -0.3 is 4.74 Å². The van der Waals surface area contributed by atoms with E-state index >= 15 is 0 Å². The fraction of sp³-hybridized carbons (Fsp3) is 0.167. The van der Waals surface area contributed by atoms with Gasteiger partial charge in [-0.2, -0.15) is 0 Å². The number of carbonyl (C=O) groups excluding carboxylic acids is 2. The number of halogens is 1. The fourth-order valence-electron chi connectivity index (χ4n) is 3.05. The summed E-state index contributed by atoms with van der Waals surface area (Å²) in [4.78, 5) is 24.8. The number of ketones is 1. The van der Waals surface area contributed by atoms with Crippen LogP contribution in [0.2, 0.25) is 5.02 Å². The number of carbonyl (C=O) groups is 2. The number of ether oxygens (including phenoxy) is 1. The monoisotopic (exact) mass is 392 g/mol. The molecule has 142 valence electrons. The number of hydrogen-bond acceptors (Lipinski definition) is 3. The Morgan fingerprint density at radius 2 is 1.61 bits per heavy atom. The van der Waals surface area contributed by atoms with Crippen LogP contribution in [0.3, 0.4) is 0 Å². The lowest BCUT2D eigenvalue weighted by Gasteiger charge is -2.11. The molecule has 0 aromatic heterocycles. The molecule has 28 heavy (non-hydrogen) atoms. The summed E-state index contributed by atoms with van der Waals surface area (Å²) in [7, 11) is 0. The van der Waals surface area contributed by atoms with E-state index in [1.807, 2.05) is 43.3 Å². The summed E-state index contributed by atoms with van der Waals surface area (Å²) in [5, 5.41) is 0.601. The Kier molecular flexibility index (Phi) is 6.62. The molecule has 4 heteroatoms. The van der Waals surface area contributed by atoms with E-state index in [0.29, 0.717) is 41.2 Å². The SMILES string of the molecule is Cc1c(CCCC(=O)Oc2ccccc2)cccc1C(=O)c1ccc(Cl)cc1. The molecule has 3 nitrogen and oxygen atoms in total. The van der Waals surface area contributed by atoms with Crippen LogP contribution in [0.1, 0.15) is 39.9 Å². The molecule has 0 N–H and O–H groups in total. The molecular weight excluding hydrogens is 372 g/mol. The molecule has 0 bridgehead atoms. The molecule has 0 aliphatic rings. The first-order valence-corrected chi connectivity index (χ1v) is 9.57. The second kappa shape index (κ2) is 9.34. The Bertz CT molecular complexity index is 963. The number of esters is 1. The van der Waals surface area contributed by atoms with Crippen molar-refractivity contribution < 1.29 is 14.3 Å². The summed E-state index contributed by atoms with van der Waals surface area (Å²) < 4.78 is 5.31. The van der Waals surface area contributed by atoms with Crippen molar-refractivity contribution in [1.29, 1.82) is 0 Å². The molecule has 0 aliphatic heterocycles. The molecular formula is C24H21ClO3. The lowest BCUT2D eigenvalue weighted by atomic mass is 9.93. The molecule has 0 atom stereocenters. The smallest absolute Gasteiger partial charge is 0.311 e. The van der Waals surface area contributed by atoms with E-state index < -0.39 is 0 Å². The van der Waals surface area contributed by atoms with Crippen molar-refractivity contribution in [3.63, 3.8) is 0 Å². The third-order valence-electron chi connectivity index (χ3n) is 4.60. The Balaban J connectivity index is 1.62. The molecule has 0 radical (unpaired) electrons. The van der Waals surface area contributed by atoms with Gasteiger partial charge in [0.2, 0.25) is 0 Å². The van der Waals surface area contributed by atoms with Crippen molar-refractivity contribution in [1.82, 2.24) is 0 Å². The molecule has 0 spiro atoms. The van der Waals surface area contributed by atoms with Gasteiger partial charge in [0.1, 0.15) is 5.75 Å². The predicted octanol–water partition coefficient (Wildman–Crippen LogP) is 5.81. The summed E-state index contributed by atoms with van der Waals surface area (Å²) in [5.74, 6) is 0.274. The van der Waals surface area contributed by atoms with Crippen molar-refractivity contribution >= 4 is 23.4 Å². The minimum absolute atomic E-state index is 0.0282. The average Bonchev–Trinajstić information content (AvgIpc) is 2.70. The fourth-order valence-corrected chi connectivity index (χ4v) is 3.18. The number of hydrogen-bond donors (Lipinski definition) is 0. The van der Waals surface area contributed by atoms with Gasteiger partial charge in [0.05, 0.1) is 0 Å². The van der Waals surface area contributed by atoms with E-state index in [4.69, 9.17) is 16.3 Å². The summed E-state index contributed by atoms with van der Waals surface area (Å²) in [5.41, 5.74) is 3.29. The zero-order valence-electron chi connectivity index (χ0n) is 15.7. The van der Waals surface area contributed by atoms with Crippen molar-refractivity contribution in [2.24, 2.45) is 0 Å². The Morgan fingerprint density at radius 3 is 2.32 bits per heavy atom. The zero-order chi connectivity index (χ0) is 19.9. The average molecular weight is 393 g/mol. The number of benzene rings is 3. The van der Waals surface area contributed by atoms with Gasteiger partial charge in [0.25, 0.3) is 0 Å². The van der Waals surface area contributed by atoms with E-state index in [9.17, 15) is 9.59 Å². The van der Waals surface area contributed by atoms with Crippen LogP contribution >= 0.6 is 11.6 Å². The molecule has 3 aromatic carbocycles. The maximum absolute atomic E-state index is 12.8. The van der Waals surface area contributed by atoms with Crippen molar-refractivity contribution in [2.75, 3.05) is 0 Å². The number of aryl methyl sites for hydroxylation is 1. The van der Waals surface area contributed by atoms with Gasteiger partial charge >= 0.3 is 5.97 Å². The molecule has 3 rings (SSSR count). The quantitative estimate of drug-likeness (QED) is 0.289. The highest BCUT2D eigenvalue weighted by Gasteiger charge is 2.14. The molecule has 3 aromatic rings. The van der Waals surface area contributed by atoms with Gasteiger partial charge in [-0.15, -0.1) is 0 Å². The number of rotatable bonds is 7. The van der Waals surface area contributed by atoms with Gasteiger partial charge in [-0.25, -0.2) is 0 Å². The van der Waals surface area contributed by atoms with Crippen LogP contribution in [-0.2, 0) is 11.2 Å². The number of para-hydroxylation sites is 1. The summed E-state index contributed by atoms with van der Waals surface area (Å²) in [6, 6.07) is 21.7. The van der Waals surface area contributed by atoms with Crippen LogP contribution in [0.4, 0.5) is 0 Å². The summed E-state index contributed by atoms with van der Waals surface area (Å²) in [6.07, 6.45) is 1.69. The highest BCUT2D eigenvalue weighted by atomic mass is 35.5. The second-order valence-corrected chi connectivity index (χ2v) is 7.00. The van der Waals surface area contributed by atoms with Crippen LogP contribution < -0.4 is 4.74 Å². The standard InChI is InChI=1S/C24H21ClO3/c1-17-18(8-6-12-23(26)28-21-9-3-2-4-10-21)7-5-11-22(17)24(27)19-13-15-20(25)16-14-19/h2-5,7,9-11,13-16H,6,8,12H2,1H3. The van der Waals surface area contributed by atoms with E-state index in [1.54, 1.807) is 36.4 Å². The van der Waals surface area contributed by atoms with Gasteiger partial charge in [0.15, 0.2) is 5.78 Å². The first kappa shape index (κ1) is 19.8. The first-order chi connectivity index (χ1) is 13.5. The van der Waals surface area contributed by atoms with Gasteiger partial charge in [-0.3, -0.25) is 9.59 Å². The predicted molar refractivity (Wildman–Crippen MR) is 111 cm³/mol. The van der Waals surface area contributed by atoms with E-state index in [-0.39, 0.29) is 11.8 Å². The molecule has 0 saturated heterocycles. The molecule has 0 amide bonds. The van der Waals surface area contributed by atoms with E-state index in [1.165, 1.54) is 0 Å². The molecule has 0 aliphatic carbocycles. The normalized spacial score (nSPS) is 10.5. The largest absolute Gasteiger partial charge is 0.427 e. The maximum atomic E-state index is 12.8. The molecule has 0 fully saturated rings. The lowest BCUT2D eigenvalue weighted by Crippen LogP contribution is -2.09. The van der Waals surface area contributed by atoms with Gasteiger partial charge in [0, 0.05) is 22.6 Å². The van der Waals surface area contributed by atoms with Crippen molar-refractivity contribution in [3.8, 4) is 5.75 Å². The lowest BCUT2D eigenvalue weighted by molar-refractivity contribution is -0.134. The van der Waals surface area contributed by atoms with Crippen LogP contribution in [-0.4, -0.2) is 11.8 Å². The topological polar surface area (TPSA) is 43.4 Å². The highest BCUT2D eigenvalue weighted by molar-refractivity contribution is 6.30. The minimum Gasteiger partial charge on any atom is -0.427 e. The third-order valence-corrected chi connectivity index (χ3v) is 4.85. The molecule has 0 saturated carbocycles. The van der Waals surface area contributed by atoms with Crippen LogP contribution in [0.15, 0.2) is 72.8 Å². The summed E-state index contributed by atoms with van der Waals surface area (Å²) >= 11 is 5.90. The Morgan fingerprint density at radius 1 is 0.893 bits per heavy atom.